The summed E-state index contributed by atoms with van der Waals surface area (Å²) in [4.78, 5) is 0. The van der Waals surface area contributed by atoms with Crippen molar-refractivity contribution in [3.63, 3.8) is 0 Å². The molecule has 0 saturated heterocycles. The maximum atomic E-state index is 2.52. The van der Waals surface area contributed by atoms with Gasteiger partial charge in [0.05, 0.1) is 0 Å². The van der Waals surface area contributed by atoms with E-state index in [2.05, 4.69) is 61.9 Å². The molecule has 0 heterocycles. The number of rotatable bonds is 4. The second-order valence-electron chi connectivity index (χ2n) is 10.3. The number of benzene rings is 2. The molecule has 0 spiro atoms. The Hall–Kier alpha value is -0.937. The Bertz CT molecular complexity index is 898. The molecule has 7 rings (SSSR count). The van der Waals surface area contributed by atoms with Crippen LogP contribution in [0.1, 0.15) is 68.6 Å². The van der Waals surface area contributed by atoms with E-state index < -0.39 is 0 Å². The third-order valence-corrected chi connectivity index (χ3v) is 8.23. The molecule has 5 aliphatic rings. The molecule has 0 aromatic heterocycles. The molecule has 2 aromatic rings. The van der Waals surface area contributed by atoms with Gasteiger partial charge in [-0.15, -0.1) is 0 Å². The molecular formula is C28H31Zr. The molecule has 0 unspecified atom stereocenters. The molecule has 2 aromatic carbocycles. The van der Waals surface area contributed by atoms with Crippen molar-refractivity contribution >= 4 is 6.08 Å². The van der Waals surface area contributed by atoms with Gasteiger partial charge in [0.15, 0.2) is 0 Å². The predicted octanol–water partition coefficient (Wildman–Crippen LogP) is 7.47. The molecule has 0 amide bonds. The molecule has 0 nitrogen and oxygen atoms in total. The van der Waals surface area contributed by atoms with Crippen molar-refractivity contribution in [1.82, 2.24) is 0 Å². The van der Waals surface area contributed by atoms with Gasteiger partial charge in [0.2, 0.25) is 0 Å². The summed E-state index contributed by atoms with van der Waals surface area (Å²) < 4.78 is 0. The predicted molar refractivity (Wildman–Crippen MR) is 118 cm³/mol. The van der Waals surface area contributed by atoms with E-state index >= 15 is 0 Å². The van der Waals surface area contributed by atoms with Gasteiger partial charge in [-0.05, 0) is 102 Å². The zero-order valence-electron chi connectivity index (χ0n) is 17.6. The zero-order valence-corrected chi connectivity index (χ0v) is 20.0. The van der Waals surface area contributed by atoms with E-state index in [0.29, 0.717) is 5.41 Å². The van der Waals surface area contributed by atoms with E-state index in [1.807, 2.05) is 0 Å². The first kappa shape index (κ1) is 20.0. The van der Waals surface area contributed by atoms with Crippen LogP contribution in [0.25, 0.3) is 17.2 Å². The SMILES string of the molecule is CCc1ccc(-c2cccc3c2C=C(CC24CC5CC(CC(C5)C2)C4)[CH]3)cc1.[Zr]. The molecule has 0 atom stereocenters. The van der Waals surface area contributed by atoms with Crippen LogP contribution >= 0.6 is 0 Å². The molecular weight excluding hydrogens is 428 g/mol. The standard InChI is InChI=1S/C28H31.Zr/c1-2-19-6-8-24(9-7-19)26-5-3-4-25-13-23(14-27(25)26)18-28-15-20-10-21(16-28)12-22(11-20)17-28;/h3-9,13-14,20-22H,2,10-12,15-18H2,1H3;. The number of hydrogen-bond donors (Lipinski definition) is 0. The molecule has 1 radical (unpaired) electrons. The second kappa shape index (κ2) is 7.64. The normalized spacial score (nSPS) is 31.3. The third-order valence-electron chi connectivity index (χ3n) is 8.23. The first-order valence-electron chi connectivity index (χ1n) is 11.5. The number of aryl methyl sites for hydroxylation is 1. The summed E-state index contributed by atoms with van der Waals surface area (Å²) in [5.74, 6) is 3.13. The van der Waals surface area contributed by atoms with Crippen LogP contribution in [0.5, 0.6) is 0 Å². The van der Waals surface area contributed by atoms with Crippen molar-refractivity contribution in [1.29, 1.82) is 0 Å². The van der Waals surface area contributed by atoms with Crippen LogP contribution in [0.3, 0.4) is 0 Å². The van der Waals surface area contributed by atoms with Crippen LogP contribution < -0.4 is 0 Å². The molecule has 29 heavy (non-hydrogen) atoms. The third kappa shape index (κ3) is 3.56. The van der Waals surface area contributed by atoms with E-state index in [9.17, 15) is 0 Å². The largest absolute Gasteiger partial charge is 0.0613 e. The van der Waals surface area contributed by atoms with E-state index in [1.165, 1.54) is 53.5 Å². The second-order valence-corrected chi connectivity index (χ2v) is 10.3. The van der Waals surface area contributed by atoms with E-state index in [4.69, 9.17) is 0 Å². The Balaban J connectivity index is 0.00000181. The van der Waals surface area contributed by atoms with Gasteiger partial charge in [-0.3, -0.25) is 0 Å². The number of fused-ring (bicyclic) bond motifs is 1. The summed E-state index contributed by atoms with van der Waals surface area (Å²) in [6.45, 7) is 2.23. The molecule has 4 fully saturated rings. The summed E-state index contributed by atoms with van der Waals surface area (Å²) >= 11 is 0. The van der Waals surface area contributed by atoms with Crippen LogP contribution in [0, 0.1) is 29.6 Å². The minimum absolute atomic E-state index is 0. The molecule has 0 N–H and O–H groups in total. The molecule has 4 saturated carbocycles. The Morgan fingerprint density at radius 1 is 0.862 bits per heavy atom. The molecule has 1 heteroatoms. The van der Waals surface area contributed by atoms with Gasteiger partial charge >= 0.3 is 0 Å². The molecule has 147 valence electrons. The van der Waals surface area contributed by atoms with Gasteiger partial charge in [0, 0.05) is 32.6 Å². The maximum Gasteiger partial charge on any atom is 0.0164 e. The number of hydrogen-bond acceptors (Lipinski definition) is 0. The average Bonchev–Trinajstić information content (AvgIpc) is 3.08. The number of allylic oxidation sites excluding steroid dienone is 1. The van der Waals surface area contributed by atoms with E-state index in [0.717, 1.165) is 24.2 Å². The summed E-state index contributed by atoms with van der Waals surface area (Å²) in [5, 5.41) is 0. The Morgan fingerprint density at radius 2 is 1.52 bits per heavy atom. The van der Waals surface area contributed by atoms with Gasteiger partial charge in [-0.1, -0.05) is 61.0 Å². The maximum absolute atomic E-state index is 2.52. The fourth-order valence-corrected chi connectivity index (χ4v) is 7.51. The summed E-state index contributed by atoms with van der Waals surface area (Å²) in [5.41, 5.74) is 9.27. The van der Waals surface area contributed by atoms with E-state index in [1.54, 1.807) is 24.8 Å². The first-order chi connectivity index (χ1) is 13.7. The fourth-order valence-electron chi connectivity index (χ4n) is 7.51. The van der Waals surface area contributed by atoms with Gasteiger partial charge in [-0.25, -0.2) is 0 Å². The quantitative estimate of drug-likeness (QED) is 0.446. The van der Waals surface area contributed by atoms with Crippen molar-refractivity contribution in [2.45, 2.75) is 58.3 Å². The minimum atomic E-state index is 0. The van der Waals surface area contributed by atoms with Crippen molar-refractivity contribution in [2.24, 2.45) is 23.2 Å². The monoisotopic (exact) mass is 457 g/mol. The molecule has 5 aliphatic carbocycles. The Morgan fingerprint density at radius 3 is 2.14 bits per heavy atom. The summed E-state index contributed by atoms with van der Waals surface area (Å²) in [7, 11) is 0. The van der Waals surface area contributed by atoms with Crippen LogP contribution in [0.15, 0.2) is 48.0 Å². The average molecular weight is 459 g/mol. The van der Waals surface area contributed by atoms with Crippen molar-refractivity contribution in [3.8, 4) is 11.1 Å². The smallest absolute Gasteiger partial charge is 0.0164 e. The van der Waals surface area contributed by atoms with Crippen molar-refractivity contribution < 1.29 is 26.2 Å². The van der Waals surface area contributed by atoms with Crippen LogP contribution in [0.2, 0.25) is 0 Å². The Kier molecular flexibility index (Phi) is 5.27. The van der Waals surface area contributed by atoms with E-state index in [-0.39, 0.29) is 26.2 Å². The summed E-state index contributed by atoms with van der Waals surface area (Å²) in [6.07, 6.45) is 16.6. The van der Waals surface area contributed by atoms with Crippen LogP contribution in [-0.4, -0.2) is 0 Å². The van der Waals surface area contributed by atoms with Crippen molar-refractivity contribution in [3.05, 3.63) is 71.1 Å². The topological polar surface area (TPSA) is 0 Å². The van der Waals surface area contributed by atoms with Gasteiger partial charge in [0.25, 0.3) is 0 Å². The Labute approximate surface area is 195 Å². The minimum Gasteiger partial charge on any atom is -0.0613 e. The van der Waals surface area contributed by atoms with Crippen LogP contribution in [-0.2, 0) is 32.6 Å². The molecule has 0 aliphatic heterocycles. The van der Waals surface area contributed by atoms with Crippen molar-refractivity contribution in [2.75, 3.05) is 0 Å². The fraction of sp³-hybridized carbons (Fsp3) is 0.464. The summed E-state index contributed by atoms with van der Waals surface area (Å²) in [6, 6.07) is 16.0. The first-order valence-corrected chi connectivity index (χ1v) is 11.5. The molecule has 4 bridgehead atoms. The van der Waals surface area contributed by atoms with Gasteiger partial charge in [-0.2, -0.15) is 0 Å². The van der Waals surface area contributed by atoms with Gasteiger partial charge < -0.3 is 0 Å². The van der Waals surface area contributed by atoms with Crippen LogP contribution in [0.4, 0.5) is 0 Å². The zero-order chi connectivity index (χ0) is 18.7. The van der Waals surface area contributed by atoms with Gasteiger partial charge in [0.1, 0.15) is 0 Å².